The maximum Gasteiger partial charge on any atom is 0.178 e. The number of aromatic nitrogens is 2. The molecule has 0 amide bonds. The van der Waals surface area contributed by atoms with Crippen LogP contribution in [-0.4, -0.2) is 16.4 Å². The van der Waals surface area contributed by atoms with E-state index < -0.39 is 0 Å². The summed E-state index contributed by atoms with van der Waals surface area (Å²) in [4.78, 5) is 0. The molecular weight excluding hydrogens is 331 g/mol. The molecule has 0 bridgehead atoms. The third-order valence-corrected chi connectivity index (χ3v) is 4.11. The van der Waals surface area contributed by atoms with Crippen LogP contribution in [0, 0.1) is 7.91 Å². The number of hydrogen-bond donors (Lipinski definition) is 1. The first-order valence-corrected chi connectivity index (χ1v) is 7.33. The predicted octanol–water partition coefficient (Wildman–Crippen LogP) is 4.72. The van der Waals surface area contributed by atoms with Crippen molar-refractivity contribution in [3.8, 4) is 5.75 Å². The largest absolute Gasteiger partial charge is 0.490 e. The molecule has 0 atom stereocenters. The van der Waals surface area contributed by atoms with Crippen LogP contribution in [-0.2, 0) is 6.54 Å². The van der Waals surface area contributed by atoms with Crippen LogP contribution in [0.25, 0.3) is 0 Å². The van der Waals surface area contributed by atoms with Gasteiger partial charge >= 0.3 is 0 Å². The van der Waals surface area contributed by atoms with Gasteiger partial charge in [0.25, 0.3) is 0 Å². The summed E-state index contributed by atoms with van der Waals surface area (Å²) in [5, 5.41) is 4.04. The summed E-state index contributed by atoms with van der Waals surface area (Å²) in [7, 11) is 0. The molecular formula is C10H8Cl2N2OS3. The smallest absolute Gasteiger partial charge is 0.178 e. The summed E-state index contributed by atoms with van der Waals surface area (Å²) in [5.41, 5.74) is 0. The lowest BCUT2D eigenvalue weighted by Gasteiger charge is -2.08. The first-order valence-electron chi connectivity index (χ1n) is 4.94. The van der Waals surface area contributed by atoms with Crippen molar-refractivity contribution in [2.45, 2.75) is 6.54 Å². The molecule has 0 radical (unpaired) electrons. The lowest BCUT2D eigenvalue weighted by Crippen LogP contribution is -2.09. The fourth-order valence-electron chi connectivity index (χ4n) is 1.30. The van der Waals surface area contributed by atoms with Crippen LogP contribution in [0.4, 0.5) is 0 Å². The van der Waals surface area contributed by atoms with Gasteiger partial charge in [0.05, 0.1) is 11.6 Å². The summed E-state index contributed by atoms with van der Waals surface area (Å²) < 4.78 is 8.68. The molecule has 0 aliphatic carbocycles. The predicted molar refractivity (Wildman–Crippen MR) is 80.3 cm³/mol. The average molecular weight is 339 g/mol. The molecule has 8 heteroatoms. The molecule has 2 rings (SSSR count). The normalized spacial score (nSPS) is 10.6. The summed E-state index contributed by atoms with van der Waals surface area (Å²) in [5.74, 6) is 0.599. The van der Waals surface area contributed by atoms with Crippen LogP contribution in [0.3, 0.4) is 0 Å². The lowest BCUT2D eigenvalue weighted by molar-refractivity contribution is 0.290. The highest BCUT2D eigenvalue weighted by Gasteiger charge is 2.03. The van der Waals surface area contributed by atoms with Crippen LogP contribution in [0.15, 0.2) is 18.2 Å². The molecule has 0 saturated carbocycles. The van der Waals surface area contributed by atoms with Gasteiger partial charge in [0.2, 0.25) is 0 Å². The lowest BCUT2D eigenvalue weighted by atomic mass is 10.3. The minimum Gasteiger partial charge on any atom is -0.490 e. The van der Waals surface area contributed by atoms with Crippen molar-refractivity contribution in [1.29, 1.82) is 0 Å². The van der Waals surface area contributed by atoms with E-state index >= 15 is 0 Å². The summed E-state index contributed by atoms with van der Waals surface area (Å²) in [6, 6.07) is 5.11. The third-order valence-electron chi connectivity index (χ3n) is 2.09. The second-order valence-electron chi connectivity index (χ2n) is 3.34. The van der Waals surface area contributed by atoms with Crippen molar-refractivity contribution < 1.29 is 4.74 Å². The van der Waals surface area contributed by atoms with E-state index in [0.717, 1.165) is 0 Å². The van der Waals surface area contributed by atoms with Crippen molar-refractivity contribution in [3.63, 3.8) is 0 Å². The molecule has 0 fully saturated rings. The van der Waals surface area contributed by atoms with Crippen LogP contribution in [0.1, 0.15) is 0 Å². The van der Waals surface area contributed by atoms with Crippen LogP contribution in [0.5, 0.6) is 5.75 Å². The molecule has 0 saturated heterocycles. The third kappa shape index (κ3) is 3.55. The number of nitrogens with zero attached hydrogens (tertiary/aromatic N) is 1. The van der Waals surface area contributed by atoms with E-state index in [4.69, 9.17) is 52.4 Å². The Morgan fingerprint density at radius 1 is 1.33 bits per heavy atom. The Morgan fingerprint density at radius 3 is 2.72 bits per heavy atom. The Kier molecular flexibility index (Phi) is 4.80. The monoisotopic (exact) mass is 338 g/mol. The van der Waals surface area contributed by atoms with Crippen LogP contribution in [0.2, 0.25) is 10.0 Å². The van der Waals surface area contributed by atoms with Gasteiger partial charge in [-0.05, 0) is 42.6 Å². The summed E-state index contributed by atoms with van der Waals surface area (Å²) in [6.45, 7) is 1.03. The average Bonchev–Trinajstić information content (AvgIpc) is 2.61. The van der Waals surface area contributed by atoms with E-state index in [0.29, 0.717) is 36.9 Å². The molecule has 0 aliphatic heterocycles. The number of hydrogen-bond acceptors (Lipinski definition) is 4. The minimum atomic E-state index is 0.442. The molecule has 3 nitrogen and oxygen atoms in total. The van der Waals surface area contributed by atoms with E-state index in [-0.39, 0.29) is 0 Å². The maximum absolute atomic E-state index is 5.99. The van der Waals surface area contributed by atoms with Gasteiger partial charge in [-0.25, -0.2) is 0 Å². The molecule has 0 unspecified atom stereocenters. The zero-order valence-corrected chi connectivity index (χ0v) is 12.9. The Hall–Kier alpha value is -0.400. The second kappa shape index (κ2) is 6.16. The number of halogens is 2. The van der Waals surface area contributed by atoms with E-state index in [9.17, 15) is 0 Å². The molecule has 2 aromatic rings. The first kappa shape index (κ1) is 14.0. The van der Waals surface area contributed by atoms with E-state index in [1.807, 2.05) is 0 Å². The van der Waals surface area contributed by atoms with Gasteiger partial charge < -0.3 is 4.74 Å². The van der Waals surface area contributed by atoms with Gasteiger partial charge in [0.1, 0.15) is 12.4 Å². The quantitative estimate of drug-likeness (QED) is 0.818. The Bertz CT molecular complexity index is 662. The number of benzene rings is 1. The van der Waals surface area contributed by atoms with E-state index in [1.165, 1.54) is 11.3 Å². The maximum atomic E-state index is 5.99. The molecule has 1 aromatic heterocycles. The number of aromatic amines is 1. The molecule has 0 spiro atoms. The first-order chi connectivity index (χ1) is 8.56. The molecule has 96 valence electrons. The number of ether oxygens (including phenoxy) is 1. The SMILES string of the molecule is S=c1[nH]n(CCOc2ccc(Cl)cc2Cl)c(=S)s1. The molecule has 1 N–H and O–H groups in total. The second-order valence-corrected chi connectivity index (χ2v) is 6.50. The fourth-order valence-corrected chi connectivity index (χ4v) is 3.22. The van der Waals surface area contributed by atoms with Crippen molar-refractivity contribution in [2.75, 3.05) is 6.61 Å². The van der Waals surface area contributed by atoms with Gasteiger partial charge in [-0.15, -0.1) is 0 Å². The molecule has 1 aromatic carbocycles. The number of nitrogens with one attached hydrogen (secondary N) is 1. The van der Waals surface area contributed by atoms with Gasteiger partial charge in [-0.1, -0.05) is 34.5 Å². The highest BCUT2D eigenvalue weighted by Crippen LogP contribution is 2.27. The van der Waals surface area contributed by atoms with Gasteiger partial charge in [-0.3, -0.25) is 9.78 Å². The van der Waals surface area contributed by atoms with Gasteiger partial charge in [0, 0.05) is 5.02 Å². The van der Waals surface area contributed by atoms with Gasteiger partial charge in [-0.2, -0.15) is 0 Å². The Balaban J connectivity index is 1.98. The topological polar surface area (TPSA) is 29.9 Å². The van der Waals surface area contributed by atoms with Gasteiger partial charge in [0.15, 0.2) is 7.91 Å². The standard InChI is InChI=1S/C10H8Cl2N2OS3/c11-6-1-2-8(7(12)5-6)15-4-3-14-10(17)18-9(16)13-14/h1-2,5H,3-4H2,(H,13,16). The van der Waals surface area contributed by atoms with Crippen molar-refractivity contribution >= 4 is 59.0 Å². The molecule has 18 heavy (non-hydrogen) atoms. The molecule has 1 heterocycles. The zero-order valence-electron chi connectivity index (χ0n) is 8.98. The van der Waals surface area contributed by atoms with Crippen LogP contribution < -0.4 is 4.74 Å². The Morgan fingerprint density at radius 2 is 2.11 bits per heavy atom. The minimum absolute atomic E-state index is 0.442. The highest BCUT2D eigenvalue weighted by molar-refractivity contribution is 7.75. The summed E-state index contributed by atoms with van der Waals surface area (Å²) in [6.07, 6.45) is 0. The highest BCUT2D eigenvalue weighted by atomic mass is 35.5. The zero-order chi connectivity index (χ0) is 13.1. The fraction of sp³-hybridized carbons (Fsp3) is 0.200. The number of H-pyrrole nitrogens is 1. The van der Waals surface area contributed by atoms with E-state index in [2.05, 4.69) is 5.10 Å². The molecule has 0 aliphatic rings. The summed E-state index contributed by atoms with van der Waals surface area (Å²) >= 11 is 23.3. The Labute approximate surface area is 128 Å². The number of rotatable bonds is 4. The van der Waals surface area contributed by atoms with Crippen LogP contribution >= 0.6 is 59.0 Å². The van der Waals surface area contributed by atoms with Crippen molar-refractivity contribution in [3.05, 3.63) is 36.2 Å². The van der Waals surface area contributed by atoms with E-state index in [1.54, 1.807) is 22.9 Å². The van der Waals surface area contributed by atoms with Crippen molar-refractivity contribution in [1.82, 2.24) is 9.78 Å². The van der Waals surface area contributed by atoms with Crippen molar-refractivity contribution in [2.24, 2.45) is 0 Å².